The summed E-state index contributed by atoms with van der Waals surface area (Å²) in [4.78, 5) is 15.6. The van der Waals surface area contributed by atoms with Gasteiger partial charge in [-0.25, -0.2) is 0 Å². The van der Waals surface area contributed by atoms with Gasteiger partial charge in [-0.1, -0.05) is 30.3 Å². The predicted octanol–water partition coefficient (Wildman–Crippen LogP) is 2.31. The molecule has 1 fully saturated rings. The molecule has 1 amide bonds. The number of methoxy groups -OCH3 is 1. The molecule has 31 heavy (non-hydrogen) atoms. The van der Waals surface area contributed by atoms with Crippen LogP contribution >= 0.6 is 0 Å². The molecule has 2 aromatic rings. The van der Waals surface area contributed by atoms with E-state index in [0.29, 0.717) is 11.5 Å². The maximum atomic E-state index is 13.0. The van der Waals surface area contributed by atoms with Gasteiger partial charge in [-0.15, -0.1) is 0 Å². The maximum absolute atomic E-state index is 13.0. The van der Waals surface area contributed by atoms with Crippen molar-refractivity contribution in [1.29, 1.82) is 0 Å². The van der Waals surface area contributed by atoms with Crippen molar-refractivity contribution < 1.29 is 29.0 Å². The average molecular weight is 435 g/mol. The minimum atomic E-state index is -2.46. The van der Waals surface area contributed by atoms with Gasteiger partial charge >= 0.3 is 0 Å². The van der Waals surface area contributed by atoms with E-state index in [9.17, 15) is 9.90 Å². The Morgan fingerprint density at radius 1 is 1.16 bits per heavy atom. The summed E-state index contributed by atoms with van der Waals surface area (Å²) in [5.74, 6) is -0.165. The van der Waals surface area contributed by atoms with E-state index in [1.165, 1.54) is 30.8 Å². The van der Waals surface area contributed by atoms with Crippen LogP contribution in [0.3, 0.4) is 0 Å². The van der Waals surface area contributed by atoms with E-state index in [1.54, 1.807) is 24.3 Å². The Kier molecular flexibility index (Phi) is 5.47. The number of anilines is 1. The van der Waals surface area contributed by atoms with Crippen LogP contribution in [0.2, 0.25) is 0 Å². The van der Waals surface area contributed by atoms with Crippen molar-refractivity contribution in [3.05, 3.63) is 53.5 Å². The molecule has 0 aliphatic carbocycles. The first kappa shape index (κ1) is 15.2. The van der Waals surface area contributed by atoms with Crippen molar-refractivity contribution >= 4 is 11.6 Å². The number of carbonyl (C=O) groups excluding carboxylic acids is 1. The number of nitrogens with zero attached hydrogens (tertiary/aromatic N) is 2. The number of ether oxygens (including phenoxy) is 2. The molecule has 7 nitrogen and oxygen atoms in total. The lowest BCUT2D eigenvalue weighted by atomic mass is 10.1. The number of aliphatic hydroxyl groups excluding tert-OH is 1. The highest BCUT2D eigenvalue weighted by molar-refractivity contribution is 5.93. The molecule has 0 bridgehead atoms. The van der Waals surface area contributed by atoms with Gasteiger partial charge in [0.25, 0.3) is 0 Å². The molecule has 2 aromatic carbocycles. The molecule has 1 aliphatic rings. The van der Waals surface area contributed by atoms with E-state index in [2.05, 4.69) is 5.32 Å². The molecule has 0 aromatic heterocycles. The van der Waals surface area contributed by atoms with Gasteiger partial charge in [0.2, 0.25) is 5.91 Å². The Morgan fingerprint density at radius 3 is 2.42 bits per heavy atom. The van der Waals surface area contributed by atoms with Crippen molar-refractivity contribution in [2.75, 3.05) is 58.2 Å². The summed E-state index contributed by atoms with van der Waals surface area (Å²) in [5, 5.41) is 13.1. The van der Waals surface area contributed by atoms with Gasteiger partial charge in [0, 0.05) is 41.1 Å². The van der Waals surface area contributed by atoms with Gasteiger partial charge in [0.05, 0.1) is 20.5 Å². The molecule has 1 saturated heterocycles. The number of piperazine rings is 1. The van der Waals surface area contributed by atoms with Crippen LogP contribution in [0.4, 0.5) is 5.69 Å². The molecule has 0 radical (unpaired) electrons. The molecular weight excluding hydrogens is 394 g/mol. The van der Waals surface area contributed by atoms with Gasteiger partial charge in [-0.3, -0.25) is 14.6 Å². The number of rotatable bonds is 9. The zero-order chi connectivity index (χ0) is 28.4. The van der Waals surface area contributed by atoms with Crippen molar-refractivity contribution in [3.8, 4) is 11.5 Å². The average Bonchev–Trinajstić information content (AvgIpc) is 2.91. The van der Waals surface area contributed by atoms with E-state index in [-0.39, 0.29) is 67.7 Å². The summed E-state index contributed by atoms with van der Waals surface area (Å²) >= 11 is 0. The second-order valence-electron chi connectivity index (χ2n) is 7.15. The zero-order valence-corrected chi connectivity index (χ0v) is 18.0. The Hall–Kier alpha value is -2.61. The van der Waals surface area contributed by atoms with Crippen molar-refractivity contribution in [3.63, 3.8) is 0 Å². The highest BCUT2D eigenvalue weighted by Crippen LogP contribution is 2.25. The predicted molar refractivity (Wildman–Crippen MR) is 122 cm³/mol. The minimum Gasteiger partial charge on any atom is -0.493 e. The van der Waals surface area contributed by atoms with Crippen LogP contribution in [0.1, 0.15) is 20.7 Å². The number of amides is 1. The number of nitrogens with one attached hydrogen (secondary N) is 1. The van der Waals surface area contributed by atoms with Crippen LogP contribution in [0.15, 0.2) is 42.4 Å². The quantitative estimate of drug-likeness (QED) is 0.631. The Bertz CT molecular complexity index is 1140. The summed E-state index contributed by atoms with van der Waals surface area (Å²) in [6.45, 7) is -1.80. The molecule has 1 unspecified atom stereocenters. The van der Waals surface area contributed by atoms with E-state index in [4.69, 9.17) is 19.1 Å². The molecule has 2 N–H and O–H groups in total. The SMILES string of the molecule is [2H]c1c([2H])c(C)c(NC(=O)C([2H])([2H])N2CCN(C([2H])([2H])C(O)COc3ccccc3OC)CC2)c(C)c1[2H]. The van der Waals surface area contributed by atoms with Gasteiger partial charge in [-0.05, 0) is 37.1 Å². The Balaban J connectivity index is 1.63. The van der Waals surface area contributed by atoms with Crippen LogP contribution in [0, 0.1) is 13.8 Å². The largest absolute Gasteiger partial charge is 0.493 e. The monoisotopic (exact) mass is 434 g/mol. The lowest BCUT2D eigenvalue weighted by molar-refractivity contribution is -0.117. The third kappa shape index (κ3) is 6.69. The molecule has 3 rings (SSSR count). The summed E-state index contributed by atoms with van der Waals surface area (Å²) in [7, 11) is 1.48. The van der Waals surface area contributed by atoms with Crippen LogP contribution in [-0.2, 0) is 4.79 Å². The molecular formula is C24H33N3O4. The van der Waals surface area contributed by atoms with E-state index < -0.39 is 25.0 Å². The first-order valence-corrected chi connectivity index (χ1v) is 10.1. The molecule has 1 atom stereocenters. The van der Waals surface area contributed by atoms with Gasteiger partial charge in [-0.2, -0.15) is 0 Å². The van der Waals surface area contributed by atoms with Crippen LogP contribution in [0.5, 0.6) is 11.5 Å². The fraction of sp³-hybridized carbons (Fsp3) is 0.458. The molecule has 0 spiro atoms. The zero-order valence-electron chi connectivity index (χ0n) is 25.0. The van der Waals surface area contributed by atoms with E-state index in [0.717, 1.165) is 0 Å². The first-order chi connectivity index (χ1) is 17.7. The second-order valence-corrected chi connectivity index (χ2v) is 7.15. The molecule has 168 valence electrons. The topological polar surface area (TPSA) is 74.3 Å². The molecule has 7 heteroatoms. The molecule has 1 aliphatic heterocycles. The van der Waals surface area contributed by atoms with Crippen LogP contribution < -0.4 is 14.8 Å². The Labute approximate surface area is 194 Å². The number of benzene rings is 2. The van der Waals surface area contributed by atoms with Gasteiger partial charge in [0.15, 0.2) is 11.5 Å². The summed E-state index contributed by atoms with van der Waals surface area (Å²) in [6, 6.07) is 6.14. The number of para-hydroxylation sites is 3. The molecule has 0 saturated carbocycles. The summed E-state index contributed by atoms with van der Waals surface area (Å²) in [6.07, 6.45) is -1.51. The van der Waals surface area contributed by atoms with Gasteiger partial charge < -0.3 is 19.9 Å². The van der Waals surface area contributed by atoms with E-state index in [1.807, 2.05) is 0 Å². The van der Waals surface area contributed by atoms with Gasteiger partial charge in [0.1, 0.15) is 12.7 Å². The smallest absolute Gasteiger partial charge is 0.238 e. The molecule has 1 heterocycles. The van der Waals surface area contributed by atoms with Crippen molar-refractivity contribution in [1.82, 2.24) is 9.80 Å². The number of carbonyl (C=O) groups is 1. The number of hydrogen-bond donors (Lipinski definition) is 2. The number of hydrogen-bond acceptors (Lipinski definition) is 6. The second kappa shape index (κ2) is 11.1. The lowest BCUT2D eigenvalue weighted by Crippen LogP contribution is -2.50. The lowest BCUT2D eigenvalue weighted by Gasteiger charge is -2.35. The maximum Gasteiger partial charge on any atom is 0.238 e. The fourth-order valence-electron chi connectivity index (χ4n) is 3.20. The highest BCUT2D eigenvalue weighted by atomic mass is 16.5. The summed E-state index contributed by atoms with van der Waals surface area (Å²) < 4.78 is 68.3. The third-order valence-corrected chi connectivity index (χ3v) is 4.83. The van der Waals surface area contributed by atoms with Crippen molar-refractivity contribution in [2.24, 2.45) is 0 Å². The fourth-order valence-corrected chi connectivity index (χ4v) is 3.20. The standard InChI is InChI=1S/C24H33N3O4/c1-18-7-6-8-19(2)24(18)25-23(29)16-27-13-11-26(12-14-27)15-20(28)17-31-22-10-5-4-9-21(22)30-3/h4-10,20,28H,11-17H2,1-3H3,(H,25,29)/i6D,7D,8D,15D2,16D2. The number of aliphatic hydroxyl groups is 1. The highest BCUT2D eigenvalue weighted by Gasteiger charge is 2.21. The van der Waals surface area contributed by atoms with Crippen molar-refractivity contribution in [2.45, 2.75) is 20.0 Å². The number of β-amino-alcohol motifs (C(OH)–C–C–N with tert-alkyl or cyclic N) is 1. The third-order valence-electron chi connectivity index (χ3n) is 4.83. The first-order valence-electron chi connectivity index (χ1n) is 13.6. The van der Waals surface area contributed by atoms with Crippen LogP contribution in [-0.4, -0.2) is 79.8 Å². The van der Waals surface area contributed by atoms with E-state index >= 15 is 0 Å². The summed E-state index contributed by atoms with van der Waals surface area (Å²) in [5.41, 5.74) is 0.683. The minimum absolute atomic E-state index is 0.0109. The Morgan fingerprint density at radius 2 is 1.77 bits per heavy atom. The van der Waals surface area contributed by atoms with Crippen LogP contribution in [0.25, 0.3) is 0 Å². The normalized spacial score (nSPS) is 20.2.